The maximum absolute atomic E-state index is 4.28. The van der Waals surface area contributed by atoms with Gasteiger partial charge < -0.3 is 0 Å². The molecule has 190 valence electrons. The van der Waals surface area contributed by atoms with Gasteiger partial charge in [-0.3, -0.25) is 0 Å². The Balaban J connectivity index is 1.57. The zero-order valence-corrected chi connectivity index (χ0v) is 22.6. The summed E-state index contributed by atoms with van der Waals surface area (Å²) >= 11 is 0. The van der Waals surface area contributed by atoms with E-state index >= 15 is 0 Å². The molecule has 1 aliphatic rings. The van der Waals surface area contributed by atoms with Crippen LogP contribution in [0.2, 0.25) is 0 Å². The molecule has 7 rings (SSSR count). The molecular weight excluding hydrogens is 480 g/mol. The Bertz CT molecular complexity index is 1870. The molecule has 0 aliphatic heterocycles. The SMILES string of the molecule is C=C(/C=C\C)c1cccc(-c2ccc3c(c2)C(c2ccccc2)(c2ccccc2)c2ccc4ccccc4c2-3)c1. The predicted octanol–water partition coefficient (Wildman–Crippen LogP) is 10.5. The molecule has 0 heterocycles. The van der Waals surface area contributed by atoms with Crippen molar-refractivity contribution >= 4 is 16.3 Å². The van der Waals surface area contributed by atoms with E-state index < -0.39 is 5.41 Å². The molecule has 0 saturated carbocycles. The molecule has 40 heavy (non-hydrogen) atoms. The molecule has 0 aromatic heterocycles. The van der Waals surface area contributed by atoms with Crippen LogP contribution in [0, 0.1) is 0 Å². The second-order valence-corrected chi connectivity index (χ2v) is 10.6. The van der Waals surface area contributed by atoms with Crippen LogP contribution in [-0.4, -0.2) is 0 Å². The van der Waals surface area contributed by atoms with E-state index in [2.05, 4.69) is 152 Å². The summed E-state index contributed by atoms with van der Waals surface area (Å²) in [7, 11) is 0. The van der Waals surface area contributed by atoms with Crippen molar-refractivity contribution in [1.82, 2.24) is 0 Å². The molecule has 0 bridgehead atoms. The van der Waals surface area contributed by atoms with Crippen molar-refractivity contribution in [2.75, 3.05) is 0 Å². The molecule has 1 aliphatic carbocycles. The monoisotopic (exact) mass is 510 g/mol. The second kappa shape index (κ2) is 9.67. The van der Waals surface area contributed by atoms with Gasteiger partial charge in [-0.25, -0.2) is 0 Å². The molecule has 6 aromatic carbocycles. The molecule has 0 unspecified atom stereocenters. The summed E-state index contributed by atoms with van der Waals surface area (Å²) in [5.74, 6) is 0. The lowest BCUT2D eigenvalue weighted by atomic mass is 9.67. The molecule has 0 fully saturated rings. The Labute approximate surface area is 236 Å². The molecule has 0 nitrogen and oxygen atoms in total. The van der Waals surface area contributed by atoms with E-state index in [0.717, 1.165) is 11.1 Å². The van der Waals surface area contributed by atoms with Crippen LogP contribution in [0.15, 0.2) is 158 Å². The topological polar surface area (TPSA) is 0 Å². The zero-order chi connectivity index (χ0) is 27.1. The van der Waals surface area contributed by atoms with Crippen LogP contribution in [0.1, 0.15) is 34.7 Å². The van der Waals surface area contributed by atoms with Crippen molar-refractivity contribution in [3.05, 3.63) is 186 Å². The Morgan fingerprint density at radius 2 is 1.27 bits per heavy atom. The molecule has 6 aromatic rings. The standard InChI is InChI=1S/C40H30/c1-3-13-28(2)30-15-12-16-31(26-30)32-22-24-36-38(27-32)40(33-17-6-4-7-18-33,34-19-8-5-9-20-34)37-25-23-29-14-10-11-21-35(29)39(36)37/h3-27H,2H2,1H3/b13-3-. The van der Waals surface area contributed by atoms with Gasteiger partial charge >= 0.3 is 0 Å². The van der Waals surface area contributed by atoms with Gasteiger partial charge in [0.25, 0.3) is 0 Å². The molecule has 0 atom stereocenters. The highest BCUT2D eigenvalue weighted by Gasteiger charge is 2.46. The van der Waals surface area contributed by atoms with Crippen molar-refractivity contribution in [3.63, 3.8) is 0 Å². The normalized spacial score (nSPS) is 13.3. The maximum atomic E-state index is 4.28. The highest BCUT2D eigenvalue weighted by Crippen LogP contribution is 2.58. The van der Waals surface area contributed by atoms with Gasteiger partial charge in [0.1, 0.15) is 0 Å². The Kier molecular flexibility index (Phi) is 5.83. The molecule has 0 N–H and O–H groups in total. The number of rotatable bonds is 5. The summed E-state index contributed by atoms with van der Waals surface area (Å²) < 4.78 is 0. The molecule has 0 amide bonds. The van der Waals surface area contributed by atoms with Crippen molar-refractivity contribution in [3.8, 4) is 22.3 Å². The molecule has 0 radical (unpaired) electrons. The number of allylic oxidation sites excluding steroid dienone is 3. The minimum Gasteiger partial charge on any atom is -0.0912 e. The smallest absolute Gasteiger partial charge is 0.0714 e. The van der Waals surface area contributed by atoms with E-state index in [1.165, 1.54) is 55.3 Å². The Morgan fingerprint density at radius 3 is 2.00 bits per heavy atom. The maximum Gasteiger partial charge on any atom is 0.0714 e. The van der Waals surface area contributed by atoms with Crippen LogP contribution in [0.25, 0.3) is 38.6 Å². The number of benzene rings is 6. The minimum atomic E-state index is -0.431. The third-order valence-corrected chi connectivity index (χ3v) is 8.37. The van der Waals surface area contributed by atoms with Crippen molar-refractivity contribution < 1.29 is 0 Å². The van der Waals surface area contributed by atoms with Gasteiger partial charge in [0, 0.05) is 0 Å². The van der Waals surface area contributed by atoms with Gasteiger partial charge in [0.2, 0.25) is 0 Å². The Hall–Kier alpha value is -4.94. The highest BCUT2D eigenvalue weighted by atomic mass is 14.5. The third kappa shape index (κ3) is 3.61. The summed E-state index contributed by atoms with van der Waals surface area (Å²) in [6.45, 7) is 6.31. The van der Waals surface area contributed by atoms with Crippen LogP contribution in [0.4, 0.5) is 0 Å². The average molecular weight is 511 g/mol. The predicted molar refractivity (Wildman–Crippen MR) is 171 cm³/mol. The first-order chi connectivity index (χ1) is 19.7. The first kappa shape index (κ1) is 24.1. The summed E-state index contributed by atoms with van der Waals surface area (Å²) in [6.07, 6.45) is 4.11. The first-order valence-corrected chi connectivity index (χ1v) is 13.9. The van der Waals surface area contributed by atoms with Crippen molar-refractivity contribution in [2.24, 2.45) is 0 Å². The highest BCUT2D eigenvalue weighted by molar-refractivity contribution is 6.04. The van der Waals surface area contributed by atoms with Gasteiger partial charge in [-0.05, 0) is 85.5 Å². The summed E-state index contributed by atoms with van der Waals surface area (Å²) in [5, 5.41) is 2.57. The fourth-order valence-electron chi connectivity index (χ4n) is 6.63. The number of hydrogen-bond donors (Lipinski definition) is 0. The van der Waals surface area contributed by atoms with E-state index in [0.29, 0.717) is 0 Å². The van der Waals surface area contributed by atoms with Crippen LogP contribution in [0.3, 0.4) is 0 Å². The van der Waals surface area contributed by atoms with E-state index in [4.69, 9.17) is 0 Å². The molecule has 0 heteroatoms. The molecule has 0 spiro atoms. The van der Waals surface area contributed by atoms with E-state index in [1.54, 1.807) is 0 Å². The largest absolute Gasteiger partial charge is 0.0912 e. The number of hydrogen-bond acceptors (Lipinski definition) is 0. The van der Waals surface area contributed by atoms with Crippen LogP contribution < -0.4 is 0 Å². The van der Waals surface area contributed by atoms with Crippen LogP contribution >= 0.6 is 0 Å². The lowest BCUT2D eigenvalue weighted by molar-refractivity contribution is 0.769. The number of fused-ring (bicyclic) bond motifs is 5. The third-order valence-electron chi connectivity index (χ3n) is 8.37. The van der Waals surface area contributed by atoms with Crippen molar-refractivity contribution in [1.29, 1.82) is 0 Å². The second-order valence-electron chi connectivity index (χ2n) is 10.6. The molecular formula is C40H30. The summed E-state index contributed by atoms with van der Waals surface area (Å²) in [6, 6.07) is 51.3. The zero-order valence-electron chi connectivity index (χ0n) is 22.6. The summed E-state index contributed by atoms with van der Waals surface area (Å²) in [5.41, 5.74) is 12.0. The Morgan fingerprint density at radius 1 is 0.600 bits per heavy atom. The fraction of sp³-hybridized carbons (Fsp3) is 0.0500. The minimum absolute atomic E-state index is 0.431. The van der Waals surface area contributed by atoms with E-state index in [1.807, 2.05) is 13.0 Å². The van der Waals surface area contributed by atoms with Crippen molar-refractivity contribution in [2.45, 2.75) is 12.3 Å². The quantitative estimate of drug-likeness (QED) is 0.202. The van der Waals surface area contributed by atoms with Crippen LogP contribution in [0.5, 0.6) is 0 Å². The van der Waals surface area contributed by atoms with Gasteiger partial charge in [0.05, 0.1) is 5.41 Å². The van der Waals surface area contributed by atoms with Crippen LogP contribution in [-0.2, 0) is 5.41 Å². The average Bonchev–Trinajstić information content (AvgIpc) is 3.33. The van der Waals surface area contributed by atoms with Gasteiger partial charge in [0.15, 0.2) is 0 Å². The molecule has 0 saturated heterocycles. The van der Waals surface area contributed by atoms with Gasteiger partial charge in [-0.2, -0.15) is 0 Å². The lowest BCUT2D eigenvalue weighted by Crippen LogP contribution is -2.28. The van der Waals surface area contributed by atoms with E-state index in [-0.39, 0.29) is 0 Å². The first-order valence-electron chi connectivity index (χ1n) is 13.9. The van der Waals surface area contributed by atoms with Gasteiger partial charge in [-0.1, -0.05) is 146 Å². The summed E-state index contributed by atoms with van der Waals surface area (Å²) in [4.78, 5) is 0. The van der Waals surface area contributed by atoms with E-state index in [9.17, 15) is 0 Å². The van der Waals surface area contributed by atoms with Gasteiger partial charge in [-0.15, -0.1) is 0 Å². The lowest BCUT2D eigenvalue weighted by Gasteiger charge is -2.34. The fourth-order valence-corrected chi connectivity index (χ4v) is 6.63.